The number of carbonyl (C=O) groups excluding carboxylic acids is 1. The standard InChI is InChI=1S/C11H22N6O/c1-6-7(2)8(12)9(18)13-10-14-16-17(15-10)11(3,4)5/h7-8H,6,12H2,1-5H3,(H,13,15,18)/t7?,8-/m0/s1. The summed E-state index contributed by atoms with van der Waals surface area (Å²) < 4.78 is 0. The summed E-state index contributed by atoms with van der Waals surface area (Å²) in [5, 5.41) is 14.3. The first kappa shape index (κ1) is 14.6. The summed E-state index contributed by atoms with van der Waals surface area (Å²) in [6, 6.07) is -0.559. The van der Waals surface area contributed by atoms with Gasteiger partial charge in [-0.3, -0.25) is 10.1 Å². The minimum atomic E-state index is -0.559. The predicted molar refractivity (Wildman–Crippen MR) is 68.9 cm³/mol. The van der Waals surface area contributed by atoms with Crippen molar-refractivity contribution in [2.45, 2.75) is 52.6 Å². The molecule has 1 heterocycles. The first-order valence-electron chi connectivity index (χ1n) is 6.12. The van der Waals surface area contributed by atoms with Gasteiger partial charge in [-0.05, 0) is 31.9 Å². The number of nitrogens with two attached hydrogens (primary N) is 1. The zero-order valence-electron chi connectivity index (χ0n) is 11.6. The van der Waals surface area contributed by atoms with Crippen LogP contribution in [-0.2, 0) is 10.3 Å². The highest BCUT2D eigenvalue weighted by molar-refractivity contribution is 5.93. The van der Waals surface area contributed by atoms with Crippen molar-refractivity contribution in [2.75, 3.05) is 5.32 Å². The van der Waals surface area contributed by atoms with E-state index >= 15 is 0 Å². The molecule has 0 aliphatic carbocycles. The quantitative estimate of drug-likeness (QED) is 0.825. The van der Waals surface area contributed by atoms with Crippen molar-refractivity contribution in [3.05, 3.63) is 0 Å². The Morgan fingerprint density at radius 1 is 1.50 bits per heavy atom. The van der Waals surface area contributed by atoms with Crippen LogP contribution in [-0.4, -0.2) is 32.2 Å². The van der Waals surface area contributed by atoms with E-state index in [1.54, 1.807) is 0 Å². The molecule has 0 bridgehead atoms. The molecule has 18 heavy (non-hydrogen) atoms. The van der Waals surface area contributed by atoms with E-state index < -0.39 is 6.04 Å². The zero-order chi connectivity index (χ0) is 13.9. The fraction of sp³-hybridized carbons (Fsp3) is 0.818. The van der Waals surface area contributed by atoms with Gasteiger partial charge in [-0.15, -0.1) is 5.10 Å². The minimum Gasteiger partial charge on any atom is -0.320 e. The Morgan fingerprint density at radius 2 is 2.11 bits per heavy atom. The van der Waals surface area contributed by atoms with Crippen LogP contribution in [0.3, 0.4) is 0 Å². The van der Waals surface area contributed by atoms with Gasteiger partial charge in [0.15, 0.2) is 0 Å². The number of carbonyl (C=O) groups is 1. The second-order valence-corrected chi connectivity index (χ2v) is 5.47. The van der Waals surface area contributed by atoms with E-state index in [1.165, 1.54) is 4.80 Å². The molecule has 0 radical (unpaired) electrons. The Kier molecular flexibility index (Phi) is 4.39. The van der Waals surface area contributed by atoms with Crippen LogP contribution in [0.2, 0.25) is 0 Å². The summed E-state index contributed by atoms with van der Waals surface area (Å²) >= 11 is 0. The molecule has 102 valence electrons. The maximum absolute atomic E-state index is 11.8. The molecule has 0 saturated heterocycles. The van der Waals surface area contributed by atoms with E-state index in [4.69, 9.17) is 5.73 Å². The second kappa shape index (κ2) is 5.43. The van der Waals surface area contributed by atoms with Crippen molar-refractivity contribution in [1.82, 2.24) is 20.2 Å². The van der Waals surface area contributed by atoms with Crippen LogP contribution in [0.15, 0.2) is 0 Å². The van der Waals surface area contributed by atoms with Gasteiger partial charge in [0.05, 0.1) is 11.6 Å². The molecular formula is C11H22N6O. The van der Waals surface area contributed by atoms with Crippen molar-refractivity contribution < 1.29 is 4.79 Å². The number of tetrazole rings is 1. The lowest BCUT2D eigenvalue weighted by molar-refractivity contribution is -0.118. The van der Waals surface area contributed by atoms with Crippen LogP contribution in [0.5, 0.6) is 0 Å². The summed E-state index contributed by atoms with van der Waals surface area (Å²) in [4.78, 5) is 13.3. The molecule has 1 unspecified atom stereocenters. The fourth-order valence-corrected chi connectivity index (χ4v) is 1.25. The number of aromatic nitrogens is 4. The van der Waals surface area contributed by atoms with Crippen LogP contribution in [0.25, 0.3) is 0 Å². The van der Waals surface area contributed by atoms with Crippen molar-refractivity contribution in [1.29, 1.82) is 0 Å². The van der Waals surface area contributed by atoms with Crippen molar-refractivity contribution in [3.8, 4) is 0 Å². The molecule has 1 amide bonds. The third kappa shape index (κ3) is 3.49. The van der Waals surface area contributed by atoms with E-state index in [-0.39, 0.29) is 23.3 Å². The van der Waals surface area contributed by atoms with Crippen molar-refractivity contribution >= 4 is 11.9 Å². The number of amides is 1. The van der Waals surface area contributed by atoms with E-state index in [0.717, 1.165) is 6.42 Å². The van der Waals surface area contributed by atoms with Gasteiger partial charge in [0.1, 0.15) is 0 Å². The van der Waals surface area contributed by atoms with Crippen LogP contribution in [0, 0.1) is 5.92 Å². The summed E-state index contributed by atoms with van der Waals surface area (Å²) in [6.45, 7) is 9.77. The van der Waals surface area contributed by atoms with Crippen LogP contribution >= 0.6 is 0 Å². The van der Waals surface area contributed by atoms with Gasteiger partial charge >= 0.3 is 0 Å². The lowest BCUT2D eigenvalue weighted by Gasteiger charge is -2.16. The maximum atomic E-state index is 11.8. The van der Waals surface area contributed by atoms with Gasteiger partial charge in [-0.2, -0.15) is 4.80 Å². The molecule has 0 fully saturated rings. The lowest BCUT2D eigenvalue weighted by Crippen LogP contribution is -2.40. The monoisotopic (exact) mass is 254 g/mol. The van der Waals surface area contributed by atoms with E-state index in [0.29, 0.717) is 0 Å². The van der Waals surface area contributed by atoms with Gasteiger partial charge < -0.3 is 5.73 Å². The van der Waals surface area contributed by atoms with Crippen LogP contribution < -0.4 is 11.1 Å². The molecule has 7 nitrogen and oxygen atoms in total. The highest BCUT2D eigenvalue weighted by atomic mass is 16.2. The topological polar surface area (TPSA) is 98.7 Å². The molecule has 1 aromatic heterocycles. The smallest absolute Gasteiger partial charge is 0.270 e. The van der Waals surface area contributed by atoms with Gasteiger partial charge in [0, 0.05) is 0 Å². The Morgan fingerprint density at radius 3 is 2.56 bits per heavy atom. The minimum absolute atomic E-state index is 0.114. The van der Waals surface area contributed by atoms with Gasteiger partial charge in [-0.25, -0.2) is 0 Å². The third-order valence-corrected chi connectivity index (χ3v) is 2.81. The molecule has 0 spiro atoms. The molecule has 0 aliphatic rings. The van der Waals surface area contributed by atoms with Gasteiger partial charge in [0.2, 0.25) is 5.91 Å². The fourth-order valence-electron chi connectivity index (χ4n) is 1.25. The zero-order valence-corrected chi connectivity index (χ0v) is 11.6. The van der Waals surface area contributed by atoms with Crippen molar-refractivity contribution in [2.24, 2.45) is 11.7 Å². The predicted octanol–water partition coefficient (Wildman–Crippen LogP) is 0.740. The summed E-state index contributed by atoms with van der Waals surface area (Å²) in [6.07, 6.45) is 0.844. The average molecular weight is 254 g/mol. The first-order valence-corrected chi connectivity index (χ1v) is 6.12. The second-order valence-electron chi connectivity index (χ2n) is 5.47. The van der Waals surface area contributed by atoms with Crippen LogP contribution in [0.1, 0.15) is 41.0 Å². The number of rotatable bonds is 4. The molecule has 1 rings (SSSR count). The van der Waals surface area contributed by atoms with E-state index in [1.807, 2.05) is 34.6 Å². The number of nitrogens with one attached hydrogen (secondary N) is 1. The summed E-state index contributed by atoms with van der Waals surface area (Å²) in [7, 11) is 0. The maximum Gasteiger partial charge on any atom is 0.270 e. The Hall–Kier alpha value is -1.50. The van der Waals surface area contributed by atoms with E-state index in [9.17, 15) is 4.79 Å². The van der Waals surface area contributed by atoms with Crippen molar-refractivity contribution in [3.63, 3.8) is 0 Å². The molecule has 0 saturated carbocycles. The van der Waals surface area contributed by atoms with Gasteiger partial charge in [-0.1, -0.05) is 25.4 Å². The average Bonchev–Trinajstić information content (AvgIpc) is 2.75. The molecule has 0 aromatic carbocycles. The number of anilines is 1. The molecule has 0 aliphatic heterocycles. The molecule has 7 heteroatoms. The highest BCUT2D eigenvalue weighted by Gasteiger charge is 2.22. The van der Waals surface area contributed by atoms with Gasteiger partial charge in [0.25, 0.3) is 5.95 Å². The Labute approximate surface area is 107 Å². The van der Waals surface area contributed by atoms with Crippen LogP contribution in [0.4, 0.5) is 5.95 Å². The molecule has 2 atom stereocenters. The lowest BCUT2D eigenvalue weighted by atomic mass is 10.00. The SMILES string of the molecule is CCC(C)[C@H](N)C(=O)Nc1nnn(C(C)(C)C)n1. The summed E-state index contributed by atoms with van der Waals surface area (Å²) in [5.41, 5.74) is 5.55. The normalized spacial score (nSPS) is 15.2. The number of hydrogen-bond acceptors (Lipinski definition) is 5. The Balaban J connectivity index is 2.68. The molecule has 1 aromatic rings. The van der Waals surface area contributed by atoms with E-state index in [2.05, 4.69) is 20.7 Å². The highest BCUT2D eigenvalue weighted by Crippen LogP contribution is 2.11. The largest absolute Gasteiger partial charge is 0.320 e. The third-order valence-electron chi connectivity index (χ3n) is 2.81. The summed E-state index contributed by atoms with van der Waals surface area (Å²) in [5.74, 6) is 0.0224. The molecule has 3 N–H and O–H groups in total. The number of hydrogen-bond donors (Lipinski definition) is 2. The molecular weight excluding hydrogens is 232 g/mol. The Bertz CT molecular complexity index is 408. The first-order chi connectivity index (χ1) is 8.25. The number of nitrogens with zero attached hydrogens (tertiary/aromatic N) is 4.